The van der Waals surface area contributed by atoms with Gasteiger partial charge in [0.25, 0.3) is 0 Å². The largest absolute Gasteiger partial charge is 0.444 e. The summed E-state index contributed by atoms with van der Waals surface area (Å²) in [5, 5.41) is 2.92. The number of nitrogens with two attached hydrogens (primary N) is 1. The zero-order chi connectivity index (χ0) is 13.6. The molecule has 0 aliphatic heterocycles. The minimum Gasteiger partial charge on any atom is -0.444 e. The zero-order valence-corrected chi connectivity index (χ0v) is 12.0. The molecule has 3 saturated carbocycles. The van der Waals surface area contributed by atoms with Crippen LogP contribution < -0.4 is 11.1 Å². The minimum absolute atomic E-state index is 0.107. The number of fused-ring (bicyclic) bond motifs is 2. The lowest BCUT2D eigenvalue weighted by molar-refractivity contribution is -0.0421. The van der Waals surface area contributed by atoms with Crippen molar-refractivity contribution in [2.45, 2.75) is 64.5 Å². The molecule has 0 aromatic carbocycles. The third-order valence-electron chi connectivity index (χ3n) is 4.52. The smallest absolute Gasteiger partial charge is 0.407 e. The van der Waals surface area contributed by atoms with Crippen molar-refractivity contribution in [3.05, 3.63) is 0 Å². The summed E-state index contributed by atoms with van der Waals surface area (Å²) in [5.41, 5.74) is 6.06. The van der Waals surface area contributed by atoms with Gasteiger partial charge in [0.15, 0.2) is 0 Å². The molecule has 1 amide bonds. The summed E-state index contributed by atoms with van der Waals surface area (Å²) in [5.74, 6) is 0.659. The highest BCUT2D eigenvalue weighted by atomic mass is 16.6. The van der Waals surface area contributed by atoms with E-state index in [0.717, 1.165) is 25.7 Å². The summed E-state index contributed by atoms with van der Waals surface area (Å²) < 4.78 is 5.27. The molecule has 0 heterocycles. The Kier molecular flexibility index (Phi) is 3.13. The van der Waals surface area contributed by atoms with Crippen LogP contribution in [0.2, 0.25) is 0 Å². The van der Waals surface area contributed by atoms with Crippen LogP contribution in [0.1, 0.15) is 53.4 Å². The maximum absolute atomic E-state index is 11.7. The number of carbonyl (C=O) groups is 1. The third-order valence-corrected chi connectivity index (χ3v) is 4.52. The van der Waals surface area contributed by atoms with E-state index in [1.165, 1.54) is 0 Å². The van der Waals surface area contributed by atoms with Crippen LogP contribution in [-0.4, -0.2) is 23.8 Å². The predicted molar refractivity (Wildman–Crippen MR) is 71.2 cm³/mol. The third kappa shape index (κ3) is 2.79. The molecule has 1 atom stereocenters. The Bertz CT molecular complexity index is 337. The van der Waals surface area contributed by atoms with Crippen molar-refractivity contribution in [3.63, 3.8) is 0 Å². The van der Waals surface area contributed by atoms with Crippen LogP contribution in [-0.2, 0) is 4.74 Å². The number of rotatable bonds is 2. The van der Waals surface area contributed by atoms with Crippen molar-refractivity contribution >= 4 is 6.09 Å². The van der Waals surface area contributed by atoms with Crippen molar-refractivity contribution in [1.82, 2.24) is 5.32 Å². The maximum atomic E-state index is 11.7. The molecule has 0 aromatic heterocycles. The Morgan fingerprint density at radius 2 is 2.00 bits per heavy atom. The summed E-state index contributed by atoms with van der Waals surface area (Å²) in [4.78, 5) is 11.7. The Morgan fingerprint density at radius 3 is 2.44 bits per heavy atom. The molecule has 0 saturated heterocycles. The topological polar surface area (TPSA) is 64.3 Å². The molecule has 3 rings (SSSR count). The molecule has 1 unspecified atom stereocenters. The standard InChI is InChI=1S/C14H26N2O2/c1-12(2,3)18-11(17)16-9-13(4)5-6-14(15)7-10(13)8-14/h10H,5-9,15H2,1-4H3,(H,16,17). The lowest BCUT2D eigenvalue weighted by atomic mass is 9.49. The summed E-state index contributed by atoms with van der Waals surface area (Å²) >= 11 is 0. The zero-order valence-electron chi connectivity index (χ0n) is 12.0. The highest BCUT2D eigenvalue weighted by Crippen LogP contribution is 2.56. The summed E-state index contributed by atoms with van der Waals surface area (Å²) in [6.45, 7) is 8.59. The van der Waals surface area contributed by atoms with E-state index in [0.29, 0.717) is 12.5 Å². The second kappa shape index (κ2) is 4.12. The number of hydrogen-bond acceptors (Lipinski definition) is 3. The monoisotopic (exact) mass is 254 g/mol. The van der Waals surface area contributed by atoms with Gasteiger partial charge >= 0.3 is 6.09 Å². The number of nitrogens with one attached hydrogen (secondary N) is 1. The minimum atomic E-state index is -0.430. The number of hydrogen-bond donors (Lipinski definition) is 2. The molecule has 2 bridgehead atoms. The van der Waals surface area contributed by atoms with Crippen molar-refractivity contribution in [1.29, 1.82) is 0 Å². The van der Waals surface area contributed by atoms with Gasteiger partial charge in [-0.1, -0.05) is 6.92 Å². The van der Waals surface area contributed by atoms with Crippen molar-refractivity contribution in [3.8, 4) is 0 Å². The normalized spacial score (nSPS) is 38.8. The van der Waals surface area contributed by atoms with Gasteiger partial charge in [0.05, 0.1) is 0 Å². The van der Waals surface area contributed by atoms with E-state index in [4.69, 9.17) is 10.5 Å². The number of carbonyl (C=O) groups excluding carboxylic acids is 1. The Balaban J connectivity index is 1.82. The predicted octanol–water partition coefficient (Wildman–Crippen LogP) is 2.42. The first kappa shape index (κ1) is 13.7. The van der Waals surface area contributed by atoms with E-state index in [2.05, 4.69) is 12.2 Å². The summed E-state index contributed by atoms with van der Waals surface area (Å²) in [7, 11) is 0. The first-order valence-electron chi connectivity index (χ1n) is 6.88. The molecule has 3 N–H and O–H groups in total. The van der Waals surface area contributed by atoms with Crippen LogP contribution >= 0.6 is 0 Å². The van der Waals surface area contributed by atoms with Gasteiger partial charge in [-0.25, -0.2) is 4.79 Å². The molecule has 3 aliphatic rings. The molecule has 3 aliphatic carbocycles. The van der Waals surface area contributed by atoms with Gasteiger partial charge < -0.3 is 15.8 Å². The Morgan fingerprint density at radius 1 is 1.39 bits per heavy atom. The van der Waals surface area contributed by atoms with Crippen molar-refractivity contribution < 1.29 is 9.53 Å². The van der Waals surface area contributed by atoms with Crippen LogP contribution in [0.5, 0.6) is 0 Å². The van der Waals surface area contributed by atoms with E-state index < -0.39 is 5.60 Å². The highest BCUT2D eigenvalue weighted by Gasteiger charge is 2.54. The van der Waals surface area contributed by atoms with Gasteiger partial charge in [0.2, 0.25) is 0 Å². The van der Waals surface area contributed by atoms with Gasteiger partial charge in [0, 0.05) is 12.1 Å². The van der Waals surface area contributed by atoms with E-state index in [-0.39, 0.29) is 17.0 Å². The quantitative estimate of drug-likeness (QED) is 0.795. The van der Waals surface area contributed by atoms with E-state index >= 15 is 0 Å². The fourth-order valence-corrected chi connectivity index (χ4v) is 3.18. The first-order valence-corrected chi connectivity index (χ1v) is 6.88. The van der Waals surface area contributed by atoms with Gasteiger partial charge in [-0.2, -0.15) is 0 Å². The van der Waals surface area contributed by atoms with E-state index in [9.17, 15) is 4.79 Å². The Labute approximate surface area is 110 Å². The number of ether oxygens (including phenoxy) is 1. The van der Waals surface area contributed by atoms with Gasteiger partial charge in [-0.15, -0.1) is 0 Å². The van der Waals surface area contributed by atoms with Crippen molar-refractivity contribution in [2.75, 3.05) is 6.54 Å². The van der Waals surface area contributed by atoms with Crippen LogP contribution in [0.25, 0.3) is 0 Å². The molecule has 104 valence electrons. The maximum Gasteiger partial charge on any atom is 0.407 e. The summed E-state index contributed by atoms with van der Waals surface area (Å²) in [6.07, 6.45) is 4.09. The van der Waals surface area contributed by atoms with Crippen LogP contribution in [0, 0.1) is 11.3 Å². The van der Waals surface area contributed by atoms with E-state index in [1.807, 2.05) is 20.8 Å². The molecule has 0 aromatic rings. The molecule has 0 radical (unpaired) electrons. The molecule has 4 heteroatoms. The van der Waals surface area contributed by atoms with Gasteiger partial charge in [-0.05, 0) is 57.8 Å². The van der Waals surface area contributed by atoms with Crippen LogP contribution in [0.3, 0.4) is 0 Å². The second-order valence-corrected chi connectivity index (χ2v) is 7.48. The Hall–Kier alpha value is -0.770. The summed E-state index contributed by atoms with van der Waals surface area (Å²) in [6, 6.07) is 0. The fraction of sp³-hybridized carbons (Fsp3) is 0.929. The average Bonchev–Trinajstić information content (AvgIpc) is 2.16. The van der Waals surface area contributed by atoms with Crippen LogP contribution in [0.15, 0.2) is 0 Å². The molecule has 18 heavy (non-hydrogen) atoms. The highest BCUT2D eigenvalue weighted by molar-refractivity contribution is 5.67. The molecule has 0 spiro atoms. The first-order chi connectivity index (χ1) is 8.12. The van der Waals surface area contributed by atoms with Crippen LogP contribution in [0.4, 0.5) is 4.79 Å². The average molecular weight is 254 g/mol. The molecule has 3 fully saturated rings. The fourth-order valence-electron chi connectivity index (χ4n) is 3.18. The number of amides is 1. The lowest BCUT2D eigenvalue weighted by Gasteiger charge is -2.59. The SMILES string of the molecule is CC(C)(C)OC(=O)NCC1(C)CCC2(N)CC1C2. The lowest BCUT2D eigenvalue weighted by Crippen LogP contribution is -2.62. The molecular formula is C14H26N2O2. The molecule has 4 nitrogen and oxygen atoms in total. The second-order valence-electron chi connectivity index (χ2n) is 7.48. The van der Waals surface area contributed by atoms with Gasteiger partial charge in [0.1, 0.15) is 5.60 Å². The molecular weight excluding hydrogens is 228 g/mol. The van der Waals surface area contributed by atoms with Crippen molar-refractivity contribution in [2.24, 2.45) is 17.1 Å². The van der Waals surface area contributed by atoms with E-state index in [1.54, 1.807) is 0 Å². The van der Waals surface area contributed by atoms with Gasteiger partial charge in [-0.3, -0.25) is 0 Å². The number of alkyl carbamates (subject to hydrolysis) is 1.